The zero-order valence-electron chi connectivity index (χ0n) is 10.6. The predicted octanol–water partition coefficient (Wildman–Crippen LogP) is 2.40. The molecule has 0 aliphatic carbocycles. The van der Waals surface area contributed by atoms with Crippen LogP contribution in [0.4, 0.5) is 0 Å². The van der Waals surface area contributed by atoms with Crippen molar-refractivity contribution in [2.75, 3.05) is 5.75 Å². The fourth-order valence-electron chi connectivity index (χ4n) is 1.47. The van der Waals surface area contributed by atoms with Crippen molar-refractivity contribution in [2.45, 2.75) is 19.2 Å². The number of carbonyl (C=O) groups is 1. The zero-order chi connectivity index (χ0) is 13.5. The molecule has 0 aliphatic heterocycles. The topological polar surface area (TPSA) is 54.9 Å². The highest BCUT2D eigenvalue weighted by molar-refractivity contribution is 7.99. The fraction of sp³-hybridized carbons (Fsp3) is 0.308. The Labute approximate surface area is 120 Å². The molecule has 0 spiro atoms. The molecule has 0 saturated heterocycles. The highest BCUT2D eigenvalue weighted by Crippen LogP contribution is 2.14. The molecule has 0 atom stereocenters. The van der Waals surface area contributed by atoms with Gasteiger partial charge in [0, 0.05) is 17.3 Å². The summed E-state index contributed by atoms with van der Waals surface area (Å²) in [4.78, 5) is 20.1. The minimum absolute atomic E-state index is 0.0302. The van der Waals surface area contributed by atoms with E-state index in [-0.39, 0.29) is 5.91 Å². The van der Waals surface area contributed by atoms with E-state index in [0.717, 1.165) is 22.1 Å². The van der Waals surface area contributed by atoms with E-state index >= 15 is 0 Å². The van der Waals surface area contributed by atoms with Crippen LogP contribution in [0.2, 0.25) is 0 Å². The molecule has 2 rings (SSSR count). The van der Waals surface area contributed by atoms with Gasteiger partial charge in [-0.25, -0.2) is 4.98 Å². The third kappa shape index (κ3) is 5.00. The first-order chi connectivity index (χ1) is 9.24. The Bertz CT molecular complexity index is 528. The number of thiazole rings is 1. The van der Waals surface area contributed by atoms with Gasteiger partial charge in [-0.2, -0.15) is 0 Å². The van der Waals surface area contributed by atoms with Crippen LogP contribution in [0.5, 0.6) is 0 Å². The predicted molar refractivity (Wildman–Crippen MR) is 79.1 cm³/mol. The summed E-state index contributed by atoms with van der Waals surface area (Å²) in [5, 5.41) is 5.95. The maximum absolute atomic E-state index is 11.6. The minimum Gasteiger partial charge on any atom is -0.350 e. The summed E-state index contributed by atoms with van der Waals surface area (Å²) >= 11 is 3.21. The van der Waals surface area contributed by atoms with Crippen LogP contribution in [0, 0.1) is 6.92 Å². The quantitative estimate of drug-likeness (QED) is 0.888. The SMILES string of the molecule is Cc1nc(CSCC(=O)NCc2ccccn2)cs1. The lowest BCUT2D eigenvalue weighted by atomic mass is 10.3. The lowest BCUT2D eigenvalue weighted by Gasteiger charge is -2.03. The molecule has 1 amide bonds. The summed E-state index contributed by atoms with van der Waals surface area (Å²) in [5.74, 6) is 1.26. The first-order valence-corrected chi connectivity index (χ1v) is 7.93. The summed E-state index contributed by atoms with van der Waals surface area (Å²) in [6, 6.07) is 5.66. The van der Waals surface area contributed by atoms with Gasteiger partial charge in [-0.05, 0) is 19.1 Å². The minimum atomic E-state index is 0.0302. The number of aromatic nitrogens is 2. The Hall–Kier alpha value is -1.40. The number of carbonyl (C=O) groups excluding carboxylic acids is 1. The second-order valence-electron chi connectivity index (χ2n) is 3.95. The Morgan fingerprint density at radius 3 is 3.00 bits per heavy atom. The van der Waals surface area contributed by atoms with Gasteiger partial charge in [0.05, 0.1) is 28.7 Å². The summed E-state index contributed by atoms with van der Waals surface area (Å²) in [7, 11) is 0. The molecule has 19 heavy (non-hydrogen) atoms. The van der Waals surface area contributed by atoms with Crippen molar-refractivity contribution in [2.24, 2.45) is 0 Å². The van der Waals surface area contributed by atoms with E-state index in [1.807, 2.05) is 30.5 Å². The lowest BCUT2D eigenvalue weighted by molar-refractivity contribution is -0.118. The second kappa shape index (κ2) is 7.25. The molecule has 6 heteroatoms. The van der Waals surface area contributed by atoms with Crippen molar-refractivity contribution in [3.8, 4) is 0 Å². The number of hydrogen-bond donors (Lipinski definition) is 1. The van der Waals surface area contributed by atoms with Crippen LogP contribution in [0.1, 0.15) is 16.4 Å². The van der Waals surface area contributed by atoms with Crippen LogP contribution >= 0.6 is 23.1 Å². The number of thioether (sulfide) groups is 1. The average Bonchev–Trinajstić information content (AvgIpc) is 2.83. The smallest absolute Gasteiger partial charge is 0.230 e. The van der Waals surface area contributed by atoms with Crippen LogP contribution in [0.15, 0.2) is 29.8 Å². The van der Waals surface area contributed by atoms with E-state index < -0.39 is 0 Å². The van der Waals surface area contributed by atoms with E-state index in [2.05, 4.69) is 15.3 Å². The molecule has 4 nitrogen and oxygen atoms in total. The highest BCUT2D eigenvalue weighted by atomic mass is 32.2. The second-order valence-corrected chi connectivity index (χ2v) is 6.00. The maximum Gasteiger partial charge on any atom is 0.230 e. The lowest BCUT2D eigenvalue weighted by Crippen LogP contribution is -2.25. The van der Waals surface area contributed by atoms with E-state index in [9.17, 15) is 4.79 Å². The van der Waals surface area contributed by atoms with Crippen molar-refractivity contribution in [3.05, 3.63) is 46.2 Å². The Morgan fingerprint density at radius 1 is 1.42 bits per heavy atom. The Morgan fingerprint density at radius 2 is 2.32 bits per heavy atom. The molecular weight excluding hydrogens is 278 g/mol. The Balaban J connectivity index is 1.65. The number of hydrogen-bond acceptors (Lipinski definition) is 5. The largest absolute Gasteiger partial charge is 0.350 e. The van der Waals surface area contributed by atoms with Gasteiger partial charge < -0.3 is 5.32 Å². The van der Waals surface area contributed by atoms with Crippen LogP contribution < -0.4 is 5.32 Å². The Kier molecular flexibility index (Phi) is 5.35. The van der Waals surface area contributed by atoms with Gasteiger partial charge in [0.25, 0.3) is 0 Å². The molecular formula is C13H15N3OS2. The average molecular weight is 293 g/mol. The summed E-state index contributed by atoms with van der Waals surface area (Å²) in [6.07, 6.45) is 1.72. The zero-order valence-corrected chi connectivity index (χ0v) is 12.3. The van der Waals surface area contributed by atoms with Crippen LogP contribution in [0.25, 0.3) is 0 Å². The number of nitrogens with zero attached hydrogens (tertiary/aromatic N) is 2. The van der Waals surface area contributed by atoms with Crippen LogP contribution in [-0.4, -0.2) is 21.6 Å². The fourth-order valence-corrected chi connectivity index (χ4v) is 2.93. The molecule has 1 N–H and O–H groups in total. The van der Waals surface area contributed by atoms with E-state index in [1.54, 1.807) is 29.3 Å². The molecule has 0 bridgehead atoms. The number of nitrogens with one attached hydrogen (secondary N) is 1. The first kappa shape index (κ1) is 14.0. The van der Waals surface area contributed by atoms with Crippen LogP contribution in [0.3, 0.4) is 0 Å². The van der Waals surface area contributed by atoms with Gasteiger partial charge in [-0.1, -0.05) is 6.07 Å². The molecule has 2 aromatic rings. The van der Waals surface area contributed by atoms with Crippen molar-refractivity contribution >= 4 is 29.0 Å². The molecule has 0 aromatic carbocycles. The molecule has 100 valence electrons. The standard InChI is InChI=1S/C13H15N3OS2/c1-10-16-12(8-19-10)7-18-9-13(17)15-6-11-4-2-3-5-14-11/h2-5,8H,6-7,9H2,1H3,(H,15,17). The number of amides is 1. The molecule has 0 saturated carbocycles. The molecule has 2 heterocycles. The van der Waals surface area contributed by atoms with Gasteiger partial charge in [-0.15, -0.1) is 23.1 Å². The number of rotatable bonds is 6. The first-order valence-electron chi connectivity index (χ1n) is 5.89. The third-order valence-electron chi connectivity index (χ3n) is 2.34. The van der Waals surface area contributed by atoms with Crippen molar-refractivity contribution in [1.82, 2.24) is 15.3 Å². The van der Waals surface area contributed by atoms with Gasteiger partial charge in [0.15, 0.2) is 0 Å². The number of pyridine rings is 1. The van der Waals surface area contributed by atoms with Crippen molar-refractivity contribution in [1.29, 1.82) is 0 Å². The monoisotopic (exact) mass is 293 g/mol. The van der Waals surface area contributed by atoms with E-state index in [1.165, 1.54) is 0 Å². The van der Waals surface area contributed by atoms with Crippen molar-refractivity contribution in [3.63, 3.8) is 0 Å². The molecule has 0 radical (unpaired) electrons. The van der Waals surface area contributed by atoms with Gasteiger partial charge in [0.1, 0.15) is 0 Å². The van der Waals surface area contributed by atoms with Gasteiger partial charge in [-0.3, -0.25) is 9.78 Å². The molecule has 2 aromatic heterocycles. The van der Waals surface area contributed by atoms with Crippen molar-refractivity contribution < 1.29 is 4.79 Å². The molecule has 0 unspecified atom stereocenters. The molecule has 0 aliphatic rings. The highest BCUT2D eigenvalue weighted by Gasteiger charge is 2.04. The van der Waals surface area contributed by atoms with Gasteiger partial charge in [0.2, 0.25) is 5.91 Å². The summed E-state index contributed by atoms with van der Waals surface area (Å²) in [5.41, 5.74) is 1.92. The third-order valence-corrected chi connectivity index (χ3v) is 4.13. The van der Waals surface area contributed by atoms with Crippen LogP contribution in [-0.2, 0) is 17.1 Å². The van der Waals surface area contributed by atoms with E-state index in [0.29, 0.717) is 12.3 Å². The van der Waals surface area contributed by atoms with E-state index in [4.69, 9.17) is 0 Å². The maximum atomic E-state index is 11.6. The molecule has 0 fully saturated rings. The normalized spacial score (nSPS) is 10.4. The van der Waals surface area contributed by atoms with Gasteiger partial charge >= 0.3 is 0 Å². The number of aryl methyl sites for hydroxylation is 1. The summed E-state index contributed by atoms with van der Waals surface area (Å²) < 4.78 is 0. The summed E-state index contributed by atoms with van der Waals surface area (Å²) in [6.45, 7) is 2.47.